The Labute approximate surface area is 177 Å². The molecule has 2 aliphatic rings. The summed E-state index contributed by atoms with van der Waals surface area (Å²) < 4.78 is 0. The Morgan fingerprint density at radius 2 is 2.03 bits per heavy atom. The number of pyridine rings is 1. The van der Waals surface area contributed by atoms with Gasteiger partial charge in [-0.2, -0.15) is 4.98 Å². The summed E-state index contributed by atoms with van der Waals surface area (Å²) in [6.07, 6.45) is 4.72. The van der Waals surface area contributed by atoms with Crippen LogP contribution >= 0.6 is 0 Å². The molecule has 0 spiro atoms. The molecule has 0 saturated heterocycles. The van der Waals surface area contributed by atoms with Gasteiger partial charge in [-0.1, -0.05) is 6.07 Å². The summed E-state index contributed by atoms with van der Waals surface area (Å²) in [6, 6.07) is 9.37. The van der Waals surface area contributed by atoms with Gasteiger partial charge in [0.2, 0.25) is 5.95 Å². The predicted octanol–water partition coefficient (Wildman–Crippen LogP) is 2.56. The van der Waals surface area contributed by atoms with Crippen LogP contribution in [0.5, 0.6) is 0 Å². The van der Waals surface area contributed by atoms with Crippen LogP contribution in [0.2, 0.25) is 0 Å². The van der Waals surface area contributed by atoms with Crippen molar-refractivity contribution in [3.05, 3.63) is 48.3 Å². The number of nitrogens with one attached hydrogen (secondary N) is 2. The van der Waals surface area contributed by atoms with Gasteiger partial charge in [-0.25, -0.2) is 9.78 Å². The van der Waals surface area contributed by atoms with Crippen LogP contribution in [0.25, 0.3) is 10.9 Å². The minimum atomic E-state index is -0.894. The number of hydrogen-bond acceptors (Lipinski definition) is 7. The first-order valence-corrected chi connectivity index (χ1v) is 10.1. The van der Waals surface area contributed by atoms with Gasteiger partial charge < -0.3 is 26.4 Å². The molecule has 1 aromatic carbocycles. The lowest BCUT2D eigenvalue weighted by Gasteiger charge is -2.19. The summed E-state index contributed by atoms with van der Waals surface area (Å²) >= 11 is 0. The molecule has 2 fully saturated rings. The molecule has 0 radical (unpaired) electrons. The van der Waals surface area contributed by atoms with Crippen molar-refractivity contribution in [1.82, 2.24) is 19.9 Å². The second-order valence-corrected chi connectivity index (χ2v) is 7.83. The maximum absolute atomic E-state index is 11.9. The van der Waals surface area contributed by atoms with Crippen molar-refractivity contribution in [1.29, 1.82) is 0 Å². The van der Waals surface area contributed by atoms with Gasteiger partial charge in [-0.3, -0.25) is 9.78 Å². The fourth-order valence-electron chi connectivity index (χ4n) is 3.75. The van der Waals surface area contributed by atoms with E-state index in [1.54, 1.807) is 6.20 Å². The topological polar surface area (TPSA) is 146 Å². The zero-order chi connectivity index (χ0) is 21.5. The molecule has 2 saturated carbocycles. The number of nitrogens with two attached hydrogens (primary N) is 1. The van der Waals surface area contributed by atoms with Crippen LogP contribution in [0.4, 0.5) is 22.2 Å². The summed E-state index contributed by atoms with van der Waals surface area (Å²) in [5.41, 5.74) is 7.24. The molecule has 0 bridgehead atoms. The highest BCUT2D eigenvalue weighted by Crippen LogP contribution is 2.39. The lowest BCUT2D eigenvalue weighted by Crippen LogP contribution is -2.36. The predicted molar refractivity (Wildman–Crippen MR) is 114 cm³/mol. The van der Waals surface area contributed by atoms with Crippen LogP contribution < -0.4 is 16.4 Å². The summed E-state index contributed by atoms with van der Waals surface area (Å²) in [5, 5.41) is 16.7. The molecule has 2 aromatic heterocycles. The summed E-state index contributed by atoms with van der Waals surface area (Å²) in [5.74, 6) is -0.0575. The van der Waals surface area contributed by atoms with Gasteiger partial charge in [0.05, 0.1) is 17.6 Å². The molecule has 5 rings (SSSR count). The van der Waals surface area contributed by atoms with Crippen LogP contribution in [0.15, 0.2) is 42.7 Å². The van der Waals surface area contributed by atoms with Crippen molar-refractivity contribution in [2.45, 2.75) is 37.4 Å². The summed E-state index contributed by atoms with van der Waals surface area (Å²) in [6.45, 7) is 0. The third-order valence-electron chi connectivity index (χ3n) is 5.51. The van der Waals surface area contributed by atoms with E-state index in [-0.39, 0.29) is 29.5 Å². The Hall–Kier alpha value is -3.95. The lowest BCUT2D eigenvalue weighted by atomic mass is 10.2. The average Bonchev–Trinajstić information content (AvgIpc) is 3.67. The number of carboxylic acid groups (broad SMARTS) is 1. The highest BCUT2D eigenvalue weighted by Gasteiger charge is 2.49. The number of anilines is 3. The minimum Gasteiger partial charge on any atom is -0.465 e. The van der Waals surface area contributed by atoms with Crippen molar-refractivity contribution in [3.63, 3.8) is 0 Å². The Bertz CT molecular complexity index is 1180. The van der Waals surface area contributed by atoms with E-state index >= 15 is 0 Å². The highest BCUT2D eigenvalue weighted by molar-refractivity contribution is 5.98. The van der Waals surface area contributed by atoms with Crippen LogP contribution in [0, 0.1) is 0 Å². The first-order chi connectivity index (χ1) is 15.0. The minimum absolute atomic E-state index is 0.0595. The summed E-state index contributed by atoms with van der Waals surface area (Å²) in [7, 11) is 0. The van der Waals surface area contributed by atoms with Gasteiger partial charge >= 0.3 is 6.09 Å². The van der Waals surface area contributed by atoms with E-state index in [4.69, 9.17) is 5.73 Å². The monoisotopic (exact) mass is 419 g/mol. The Morgan fingerprint density at radius 1 is 1.19 bits per heavy atom. The Morgan fingerprint density at radius 3 is 2.77 bits per heavy atom. The van der Waals surface area contributed by atoms with E-state index in [0.29, 0.717) is 12.4 Å². The lowest BCUT2D eigenvalue weighted by molar-refractivity contribution is 0.1000. The third-order valence-corrected chi connectivity index (χ3v) is 5.51. The van der Waals surface area contributed by atoms with E-state index in [9.17, 15) is 14.7 Å². The largest absolute Gasteiger partial charge is 0.465 e. The molecule has 2 unspecified atom stereocenters. The van der Waals surface area contributed by atoms with E-state index in [1.165, 1.54) is 11.1 Å². The SMILES string of the molecule is NC(=O)c1cnc(NC2CC2N(C(=O)O)C2CC2)nc1Nc1ccc2ncccc2c1. The molecular weight excluding hydrogens is 398 g/mol. The molecule has 2 aliphatic carbocycles. The van der Waals surface area contributed by atoms with Crippen molar-refractivity contribution in [2.24, 2.45) is 5.73 Å². The highest BCUT2D eigenvalue weighted by atomic mass is 16.4. The fourth-order valence-corrected chi connectivity index (χ4v) is 3.75. The van der Waals surface area contributed by atoms with Crippen molar-refractivity contribution in [3.8, 4) is 0 Å². The zero-order valence-corrected chi connectivity index (χ0v) is 16.5. The average molecular weight is 419 g/mol. The molecule has 2 heterocycles. The molecule has 0 aliphatic heterocycles. The molecule has 5 N–H and O–H groups in total. The number of amides is 2. The van der Waals surface area contributed by atoms with Crippen molar-refractivity contribution >= 4 is 40.4 Å². The molecule has 10 nitrogen and oxygen atoms in total. The molecule has 2 amide bonds. The number of aromatic nitrogens is 3. The number of carbonyl (C=O) groups is 2. The first-order valence-electron chi connectivity index (χ1n) is 10.1. The Kier molecular flexibility index (Phi) is 4.54. The zero-order valence-electron chi connectivity index (χ0n) is 16.5. The number of benzene rings is 1. The van der Waals surface area contributed by atoms with Crippen molar-refractivity contribution in [2.75, 3.05) is 10.6 Å². The normalized spacial score (nSPS) is 19.6. The smallest absolute Gasteiger partial charge is 0.407 e. The quantitative estimate of drug-likeness (QED) is 0.457. The fraction of sp³-hybridized carbons (Fsp3) is 0.286. The number of carbonyl (C=O) groups excluding carboxylic acids is 1. The number of primary amides is 1. The number of rotatable bonds is 7. The van der Waals surface area contributed by atoms with Gasteiger partial charge in [-0.05, 0) is 43.5 Å². The standard InChI is InChI=1S/C21H21N7O3/c22-18(29)14-10-24-20(26-16-9-17(16)28(21(30)31)13-4-5-13)27-19(14)25-12-3-6-15-11(8-12)2-1-7-23-15/h1-3,6-8,10,13,16-17H,4-5,9H2,(H2,22,29)(H,30,31)(H2,24,25,26,27). The Balaban J connectivity index is 1.36. The number of hydrogen-bond donors (Lipinski definition) is 4. The van der Waals surface area contributed by atoms with Gasteiger partial charge in [-0.15, -0.1) is 0 Å². The third kappa shape index (κ3) is 3.91. The maximum atomic E-state index is 11.9. The number of nitrogens with zero attached hydrogens (tertiary/aromatic N) is 4. The second-order valence-electron chi connectivity index (χ2n) is 7.83. The van der Waals surface area contributed by atoms with E-state index in [0.717, 1.165) is 29.4 Å². The molecule has 31 heavy (non-hydrogen) atoms. The molecule has 10 heteroatoms. The van der Waals surface area contributed by atoms with E-state index in [1.807, 2.05) is 30.3 Å². The van der Waals surface area contributed by atoms with Gasteiger partial charge in [0.15, 0.2) is 0 Å². The van der Waals surface area contributed by atoms with Gasteiger partial charge in [0, 0.05) is 29.5 Å². The number of fused-ring (bicyclic) bond motifs is 1. The van der Waals surface area contributed by atoms with E-state index in [2.05, 4.69) is 25.6 Å². The molecule has 158 valence electrons. The van der Waals surface area contributed by atoms with Crippen LogP contribution in [-0.4, -0.2) is 55.1 Å². The molecule has 3 aromatic rings. The second kappa shape index (κ2) is 7.38. The van der Waals surface area contributed by atoms with Gasteiger partial charge in [0.1, 0.15) is 11.4 Å². The molecular formula is C21H21N7O3. The van der Waals surface area contributed by atoms with Crippen LogP contribution in [0.1, 0.15) is 29.6 Å². The maximum Gasteiger partial charge on any atom is 0.407 e. The summed E-state index contributed by atoms with van der Waals surface area (Å²) in [4.78, 5) is 37.8. The van der Waals surface area contributed by atoms with Crippen molar-refractivity contribution < 1.29 is 14.7 Å². The van der Waals surface area contributed by atoms with Crippen LogP contribution in [0.3, 0.4) is 0 Å². The van der Waals surface area contributed by atoms with E-state index < -0.39 is 12.0 Å². The van der Waals surface area contributed by atoms with Gasteiger partial charge in [0.25, 0.3) is 5.91 Å². The first kappa shape index (κ1) is 19.0. The molecule has 2 atom stereocenters. The van der Waals surface area contributed by atoms with Crippen LogP contribution in [-0.2, 0) is 0 Å².